The normalized spacial score (nSPS) is 41.4. The van der Waals surface area contributed by atoms with Crippen molar-refractivity contribution in [1.29, 1.82) is 0 Å². The smallest absolute Gasteiger partial charge is 0.223 e. The van der Waals surface area contributed by atoms with Gasteiger partial charge in [-0.05, 0) is 45.2 Å². The van der Waals surface area contributed by atoms with Crippen LogP contribution in [0.4, 0.5) is 0 Å². The fourth-order valence-corrected chi connectivity index (χ4v) is 4.16. The van der Waals surface area contributed by atoms with E-state index in [0.29, 0.717) is 42.9 Å². The van der Waals surface area contributed by atoms with Gasteiger partial charge in [-0.1, -0.05) is 6.42 Å². The average Bonchev–Trinajstić information content (AvgIpc) is 2.70. The molecule has 0 aromatic carbocycles. The summed E-state index contributed by atoms with van der Waals surface area (Å²) in [7, 11) is 2.26. The number of piperidine rings is 2. The molecule has 3 saturated heterocycles. The summed E-state index contributed by atoms with van der Waals surface area (Å²) in [5.41, 5.74) is 5.71. The van der Waals surface area contributed by atoms with Crippen molar-refractivity contribution in [3.8, 4) is 0 Å². The van der Waals surface area contributed by atoms with Gasteiger partial charge in [0.15, 0.2) is 0 Å². The number of hydrogen-bond donors (Lipinski definition) is 1. The van der Waals surface area contributed by atoms with Crippen LogP contribution in [0.5, 0.6) is 0 Å². The minimum absolute atomic E-state index is 0.345. The zero-order valence-corrected chi connectivity index (χ0v) is 11.3. The Morgan fingerprint density at radius 2 is 1.89 bits per heavy atom. The number of nitrogens with two attached hydrogens (primary N) is 1. The van der Waals surface area contributed by atoms with Gasteiger partial charge >= 0.3 is 0 Å². The summed E-state index contributed by atoms with van der Waals surface area (Å²) in [5, 5.41) is 0. The second kappa shape index (κ2) is 4.82. The molecule has 3 atom stereocenters. The molecule has 0 radical (unpaired) electrons. The third-order valence-corrected chi connectivity index (χ3v) is 5.33. The van der Waals surface area contributed by atoms with Gasteiger partial charge in [0, 0.05) is 31.1 Å². The van der Waals surface area contributed by atoms with Crippen LogP contribution >= 0.6 is 0 Å². The van der Waals surface area contributed by atoms with Crippen LogP contribution in [0.25, 0.3) is 0 Å². The first kappa shape index (κ1) is 12.4. The molecule has 3 rings (SSSR count). The largest absolute Gasteiger partial charge is 0.339 e. The molecule has 1 amide bonds. The van der Waals surface area contributed by atoms with E-state index in [-0.39, 0.29) is 0 Å². The van der Waals surface area contributed by atoms with Crippen LogP contribution < -0.4 is 5.73 Å². The zero-order valence-electron chi connectivity index (χ0n) is 11.3. The Hall–Kier alpha value is -0.610. The summed E-state index contributed by atoms with van der Waals surface area (Å²) in [6.07, 6.45) is 7.02. The number of likely N-dealkylation sites (tertiary alicyclic amines) is 1. The standard InChI is InChI=1S/C14H25N3O/c1-16-11-3-2-4-12(16)7-13(6-11)17-9-10(8-15)5-14(17)18/h10-13H,2-9,15H2,1H3. The highest BCUT2D eigenvalue weighted by atomic mass is 16.2. The fraction of sp³-hybridized carbons (Fsp3) is 0.929. The predicted octanol–water partition coefficient (Wildman–Crippen LogP) is 0.809. The van der Waals surface area contributed by atoms with Crippen LogP contribution in [0.15, 0.2) is 0 Å². The number of rotatable bonds is 2. The van der Waals surface area contributed by atoms with E-state index in [4.69, 9.17) is 5.73 Å². The molecule has 4 heteroatoms. The highest BCUT2D eigenvalue weighted by Gasteiger charge is 2.41. The minimum Gasteiger partial charge on any atom is -0.339 e. The molecule has 0 aliphatic carbocycles. The van der Waals surface area contributed by atoms with Gasteiger partial charge in [-0.2, -0.15) is 0 Å². The van der Waals surface area contributed by atoms with Crippen LogP contribution in [0, 0.1) is 5.92 Å². The van der Waals surface area contributed by atoms with Gasteiger partial charge < -0.3 is 15.5 Å². The maximum Gasteiger partial charge on any atom is 0.223 e. The molecule has 2 bridgehead atoms. The topological polar surface area (TPSA) is 49.6 Å². The molecule has 2 N–H and O–H groups in total. The van der Waals surface area contributed by atoms with E-state index in [1.54, 1.807) is 0 Å². The van der Waals surface area contributed by atoms with Crippen LogP contribution in [0.3, 0.4) is 0 Å². The quantitative estimate of drug-likeness (QED) is 0.790. The number of fused-ring (bicyclic) bond motifs is 2. The average molecular weight is 251 g/mol. The number of carbonyl (C=O) groups is 1. The van der Waals surface area contributed by atoms with E-state index in [9.17, 15) is 4.79 Å². The molecule has 3 aliphatic heterocycles. The molecule has 0 saturated carbocycles. The first-order chi connectivity index (χ1) is 8.69. The van der Waals surface area contributed by atoms with Gasteiger partial charge in [-0.3, -0.25) is 4.79 Å². The van der Waals surface area contributed by atoms with E-state index < -0.39 is 0 Å². The summed E-state index contributed by atoms with van der Waals surface area (Å²) in [6, 6.07) is 1.89. The minimum atomic E-state index is 0.345. The van der Waals surface area contributed by atoms with E-state index >= 15 is 0 Å². The van der Waals surface area contributed by atoms with E-state index in [1.807, 2.05) is 0 Å². The third-order valence-electron chi connectivity index (χ3n) is 5.33. The van der Waals surface area contributed by atoms with Gasteiger partial charge in [-0.15, -0.1) is 0 Å². The molecule has 0 spiro atoms. The first-order valence-corrected chi connectivity index (χ1v) is 7.40. The summed E-state index contributed by atoms with van der Waals surface area (Å²) in [6.45, 7) is 1.56. The van der Waals surface area contributed by atoms with Crippen molar-refractivity contribution >= 4 is 5.91 Å². The van der Waals surface area contributed by atoms with E-state index in [1.165, 1.54) is 32.1 Å². The Morgan fingerprint density at radius 1 is 1.22 bits per heavy atom. The summed E-state index contributed by atoms with van der Waals surface area (Å²) in [4.78, 5) is 16.8. The van der Waals surface area contributed by atoms with Crippen molar-refractivity contribution in [2.45, 2.75) is 56.7 Å². The fourth-order valence-electron chi connectivity index (χ4n) is 4.16. The molecule has 3 aliphatic rings. The maximum absolute atomic E-state index is 12.1. The third kappa shape index (κ3) is 2.05. The number of carbonyl (C=O) groups excluding carboxylic acids is 1. The van der Waals surface area contributed by atoms with Crippen LogP contribution in [-0.4, -0.2) is 54.0 Å². The molecule has 3 unspecified atom stereocenters. The van der Waals surface area contributed by atoms with Crippen LogP contribution in [-0.2, 0) is 4.79 Å². The monoisotopic (exact) mass is 251 g/mol. The summed E-state index contributed by atoms with van der Waals surface area (Å²) < 4.78 is 0. The Morgan fingerprint density at radius 3 is 2.44 bits per heavy atom. The Kier molecular flexibility index (Phi) is 3.32. The number of hydrogen-bond acceptors (Lipinski definition) is 3. The Bertz CT molecular complexity index is 319. The molecular formula is C14H25N3O. The molecular weight excluding hydrogens is 226 g/mol. The highest BCUT2D eigenvalue weighted by Crippen LogP contribution is 2.36. The molecule has 102 valence electrons. The lowest BCUT2D eigenvalue weighted by atomic mass is 9.82. The van der Waals surface area contributed by atoms with Crippen molar-refractivity contribution in [3.63, 3.8) is 0 Å². The van der Waals surface area contributed by atoms with Gasteiger partial charge in [-0.25, -0.2) is 0 Å². The van der Waals surface area contributed by atoms with Crippen molar-refractivity contribution < 1.29 is 4.79 Å². The molecule has 3 heterocycles. The number of amides is 1. The van der Waals surface area contributed by atoms with Crippen molar-refractivity contribution in [1.82, 2.24) is 9.80 Å². The zero-order chi connectivity index (χ0) is 12.7. The lowest BCUT2D eigenvalue weighted by molar-refractivity contribution is -0.131. The number of nitrogens with zero attached hydrogens (tertiary/aromatic N) is 2. The summed E-state index contributed by atoms with van der Waals surface area (Å²) >= 11 is 0. The van der Waals surface area contributed by atoms with Gasteiger partial charge in [0.2, 0.25) is 5.91 Å². The lowest BCUT2D eigenvalue weighted by Gasteiger charge is -2.49. The van der Waals surface area contributed by atoms with Crippen molar-refractivity contribution in [2.75, 3.05) is 20.1 Å². The van der Waals surface area contributed by atoms with Crippen LogP contribution in [0.2, 0.25) is 0 Å². The van der Waals surface area contributed by atoms with Gasteiger partial charge in [0.1, 0.15) is 0 Å². The van der Waals surface area contributed by atoms with Crippen molar-refractivity contribution in [3.05, 3.63) is 0 Å². The summed E-state index contributed by atoms with van der Waals surface area (Å²) in [5.74, 6) is 0.745. The lowest BCUT2D eigenvalue weighted by Crippen LogP contribution is -2.55. The first-order valence-electron chi connectivity index (χ1n) is 7.40. The molecule has 18 heavy (non-hydrogen) atoms. The van der Waals surface area contributed by atoms with Gasteiger partial charge in [0.25, 0.3) is 0 Å². The maximum atomic E-state index is 12.1. The Labute approximate surface area is 109 Å². The second-order valence-electron chi connectivity index (χ2n) is 6.38. The van der Waals surface area contributed by atoms with Gasteiger partial charge in [0.05, 0.1) is 0 Å². The molecule has 0 aromatic rings. The molecule has 4 nitrogen and oxygen atoms in total. The predicted molar refractivity (Wildman–Crippen MR) is 71.1 cm³/mol. The van der Waals surface area contributed by atoms with E-state index in [0.717, 1.165) is 6.54 Å². The molecule has 3 fully saturated rings. The Balaban J connectivity index is 1.69. The van der Waals surface area contributed by atoms with Crippen molar-refractivity contribution in [2.24, 2.45) is 11.7 Å². The van der Waals surface area contributed by atoms with E-state index in [2.05, 4.69) is 16.8 Å². The second-order valence-corrected chi connectivity index (χ2v) is 6.38. The highest BCUT2D eigenvalue weighted by molar-refractivity contribution is 5.79. The SMILES string of the molecule is CN1C2CCCC1CC(N1CC(CN)CC1=O)C2. The van der Waals surface area contributed by atoms with Crippen LogP contribution in [0.1, 0.15) is 38.5 Å². The molecule has 0 aromatic heterocycles.